The molecule has 7 nitrogen and oxygen atoms in total. The van der Waals surface area contributed by atoms with Crippen molar-refractivity contribution in [3.8, 4) is 22.6 Å². The lowest BCUT2D eigenvalue weighted by Crippen LogP contribution is -2.19. The van der Waals surface area contributed by atoms with Crippen LogP contribution in [0, 0.1) is 13.8 Å². The van der Waals surface area contributed by atoms with E-state index in [9.17, 15) is 4.79 Å². The standard InChI is InChI=1S/C25H21N5O2/c1-15-9-10-19(27-25-29-28-23(32-25)17-7-5-4-6-8-17)13-20(15)21-12-18-14-26-16(2)11-22(18)30(3)24(21)31/h4-14H,1-3H3,(H,27,29). The predicted molar refractivity (Wildman–Crippen MR) is 125 cm³/mol. The Kier molecular flexibility index (Phi) is 4.78. The van der Waals surface area contributed by atoms with Gasteiger partial charge < -0.3 is 14.3 Å². The molecule has 0 spiro atoms. The quantitative estimate of drug-likeness (QED) is 0.437. The average Bonchev–Trinajstić information content (AvgIpc) is 3.27. The lowest BCUT2D eigenvalue weighted by atomic mass is 9.99. The molecular weight excluding hydrogens is 402 g/mol. The van der Waals surface area contributed by atoms with Gasteiger partial charge in [0.2, 0.25) is 5.89 Å². The van der Waals surface area contributed by atoms with Crippen molar-refractivity contribution >= 4 is 22.6 Å². The van der Waals surface area contributed by atoms with Gasteiger partial charge in [0, 0.05) is 41.1 Å². The maximum atomic E-state index is 13.2. The fourth-order valence-electron chi connectivity index (χ4n) is 3.74. The maximum absolute atomic E-state index is 13.2. The molecule has 5 rings (SSSR count). The van der Waals surface area contributed by atoms with Gasteiger partial charge in [-0.1, -0.05) is 29.4 Å². The summed E-state index contributed by atoms with van der Waals surface area (Å²) in [5.41, 5.74) is 5.70. The van der Waals surface area contributed by atoms with Crippen LogP contribution in [0.25, 0.3) is 33.5 Å². The molecule has 7 heteroatoms. The van der Waals surface area contributed by atoms with Crippen LogP contribution in [-0.2, 0) is 7.05 Å². The topological polar surface area (TPSA) is 85.8 Å². The number of nitrogens with one attached hydrogen (secondary N) is 1. The highest BCUT2D eigenvalue weighted by molar-refractivity contribution is 5.85. The molecule has 0 radical (unpaired) electrons. The minimum Gasteiger partial charge on any atom is -0.403 e. The Balaban J connectivity index is 1.53. The third-order valence-corrected chi connectivity index (χ3v) is 5.47. The number of nitrogens with zero attached hydrogens (tertiary/aromatic N) is 4. The van der Waals surface area contributed by atoms with Gasteiger partial charge in [-0.25, -0.2) is 0 Å². The highest BCUT2D eigenvalue weighted by Crippen LogP contribution is 2.29. The fraction of sp³-hybridized carbons (Fsp3) is 0.120. The molecular formula is C25H21N5O2. The Morgan fingerprint density at radius 3 is 2.56 bits per heavy atom. The molecule has 158 valence electrons. The normalized spacial score (nSPS) is 11.1. The second-order valence-corrected chi connectivity index (χ2v) is 7.74. The first kappa shape index (κ1) is 19.7. The molecule has 2 aromatic carbocycles. The van der Waals surface area contributed by atoms with Crippen LogP contribution in [-0.4, -0.2) is 19.7 Å². The van der Waals surface area contributed by atoms with Crippen molar-refractivity contribution in [2.45, 2.75) is 13.8 Å². The third kappa shape index (κ3) is 3.54. The van der Waals surface area contributed by atoms with Crippen LogP contribution in [0.15, 0.2) is 76.1 Å². The van der Waals surface area contributed by atoms with E-state index in [0.29, 0.717) is 11.5 Å². The van der Waals surface area contributed by atoms with Crippen LogP contribution in [0.1, 0.15) is 11.3 Å². The number of anilines is 2. The van der Waals surface area contributed by atoms with E-state index in [4.69, 9.17) is 4.42 Å². The maximum Gasteiger partial charge on any atom is 0.320 e. The van der Waals surface area contributed by atoms with Gasteiger partial charge in [0.15, 0.2) is 0 Å². The number of fused-ring (bicyclic) bond motifs is 1. The van der Waals surface area contributed by atoms with Gasteiger partial charge in [-0.15, -0.1) is 5.10 Å². The average molecular weight is 423 g/mol. The summed E-state index contributed by atoms with van der Waals surface area (Å²) in [6.07, 6.45) is 1.80. The minimum absolute atomic E-state index is 0.0625. The SMILES string of the molecule is Cc1cc2c(cn1)cc(-c1cc(Nc3nnc(-c4ccccc4)o3)ccc1C)c(=O)n2C. The summed E-state index contributed by atoms with van der Waals surface area (Å²) < 4.78 is 7.42. The van der Waals surface area contributed by atoms with Crippen molar-refractivity contribution in [3.63, 3.8) is 0 Å². The number of benzene rings is 2. The van der Waals surface area contributed by atoms with Gasteiger partial charge in [0.05, 0.1) is 5.52 Å². The van der Waals surface area contributed by atoms with E-state index in [1.165, 1.54) is 0 Å². The molecule has 0 amide bonds. The van der Waals surface area contributed by atoms with E-state index in [2.05, 4.69) is 20.5 Å². The largest absolute Gasteiger partial charge is 0.403 e. The molecule has 0 atom stereocenters. The number of rotatable bonds is 4. The zero-order chi connectivity index (χ0) is 22.2. The van der Waals surface area contributed by atoms with Crippen LogP contribution >= 0.6 is 0 Å². The lowest BCUT2D eigenvalue weighted by Gasteiger charge is -2.12. The first-order valence-electron chi connectivity index (χ1n) is 10.2. The highest BCUT2D eigenvalue weighted by Gasteiger charge is 2.14. The van der Waals surface area contributed by atoms with E-state index in [-0.39, 0.29) is 11.6 Å². The van der Waals surface area contributed by atoms with Crippen molar-refractivity contribution in [2.75, 3.05) is 5.32 Å². The Hall–Kier alpha value is -4.26. The van der Waals surface area contributed by atoms with Gasteiger partial charge in [0.1, 0.15) is 0 Å². The lowest BCUT2D eigenvalue weighted by molar-refractivity contribution is 0.587. The third-order valence-electron chi connectivity index (χ3n) is 5.47. The van der Waals surface area contributed by atoms with Crippen LogP contribution in [0.5, 0.6) is 0 Å². The zero-order valence-electron chi connectivity index (χ0n) is 18.0. The van der Waals surface area contributed by atoms with Crippen molar-refractivity contribution in [2.24, 2.45) is 7.05 Å². The molecule has 0 aliphatic rings. The Labute approximate surface area is 184 Å². The van der Waals surface area contributed by atoms with Crippen molar-refractivity contribution in [3.05, 3.63) is 88.5 Å². The van der Waals surface area contributed by atoms with E-state index >= 15 is 0 Å². The zero-order valence-corrected chi connectivity index (χ0v) is 18.0. The number of hydrogen-bond acceptors (Lipinski definition) is 6. The first-order chi connectivity index (χ1) is 15.5. The summed E-state index contributed by atoms with van der Waals surface area (Å²) in [5.74, 6) is 0.437. The predicted octanol–water partition coefficient (Wildman–Crippen LogP) is 5.01. The molecule has 0 bridgehead atoms. The van der Waals surface area contributed by atoms with Gasteiger partial charge in [-0.2, -0.15) is 0 Å². The monoisotopic (exact) mass is 423 g/mol. The first-order valence-corrected chi connectivity index (χ1v) is 10.2. The minimum atomic E-state index is -0.0625. The van der Waals surface area contributed by atoms with Crippen LogP contribution in [0.3, 0.4) is 0 Å². The fourth-order valence-corrected chi connectivity index (χ4v) is 3.74. The Bertz CT molecular complexity index is 1500. The van der Waals surface area contributed by atoms with E-state index in [1.54, 1.807) is 17.8 Å². The molecule has 5 aromatic rings. The number of aryl methyl sites for hydroxylation is 3. The number of pyridine rings is 2. The smallest absolute Gasteiger partial charge is 0.320 e. The van der Waals surface area contributed by atoms with Crippen LogP contribution in [0.2, 0.25) is 0 Å². The molecule has 3 heterocycles. The molecule has 0 saturated carbocycles. The summed E-state index contributed by atoms with van der Waals surface area (Å²) in [7, 11) is 1.79. The van der Waals surface area contributed by atoms with Gasteiger partial charge in [0.25, 0.3) is 5.56 Å². The van der Waals surface area contributed by atoms with Crippen molar-refractivity contribution in [1.82, 2.24) is 19.7 Å². The second kappa shape index (κ2) is 7.77. The van der Waals surface area contributed by atoms with Crippen LogP contribution < -0.4 is 10.9 Å². The van der Waals surface area contributed by atoms with Gasteiger partial charge in [-0.3, -0.25) is 9.78 Å². The molecule has 1 N–H and O–H groups in total. The van der Waals surface area contributed by atoms with E-state index in [1.807, 2.05) is 74.5 Å². The second-order valence-electron chi connectivity index (χ2n) is 7.74. The summed E-state index contributed by atoms with van der Waals surface area (Å²) >= 11 is 0. The molecule has 32 heavy (non-hydrogen) atoms. The van der Waals surface area contributed by atoms with Gasteiger partial charge >= 0.3 is 6.01 Å². The van der Waals surface area contributed by atoms with Gasteiger partial charge in [-0.05, 0) is 61.4 Å². The van der Waals surface area contributed by atoms with E-state index < -0.39 is 0 Å². The van der Waals surface area contributed by atoms with Crippen LogP contribution in [0.4, 0.5) is 11.7 Å². The molecule has 0 aliphatic heterocycles. The molecule has 0 unspecified atom stereocenters. The molecule has 0 aliphatic carbocycles. The summed E-state index contributed by atoms with van der Waals surface area (Å²) in [6, 6.07) is 19.5. The van der Waals surface area contributed by atoms with E-state index in [0.717, 1.165) is 39.0 Å². The number of hydrogen-bond donors (Lipinski definition) is 1. The summed E-state index contributed by atoms with van der Waals surface area (Å²) in [6.45, 7) is 3.90. The summed E-state index contributed by atoms with van der Waals surface area (Å²) in [4.78, 5) is 17.5. The molecule has 0 saturated heterocycles. The Morgan fingerprint density at radius 1 is 0.938 bits per heavy atom. The summed E-state index contributed by atoms with van der Waals surface area (Å²) in [5, 5.41) is 12.3. The van der Waals surface area contributed by atoms with Crippen molar-refractivity contribution in [1.29, 1.82) is 0 Å². The number of aromatic nitrogens is 4. The highest BCUT2D eigenvalue weighted by atomic mass is 16.4. The molecule has 3 aromatic heterocycles. The Morgan fingerprint density at radius 2 is 1.75 bits per heavy atom. The van der Waals surface area contributed by atoms with Crippen molar-refractivity contribution < 1.29 is 4.42 Å². The molecule has 0 fully saturated rings.